The van der Waals surface area contributed by atoms with Gasteiger partial charge in [0.1, 0.15) is 12.4 Å². The molecule has 0 bridgehead atoms. The van der Waals surface area contributed by atoms with Crippen molar-refractivity contribution in [3.8, 4) is 5.75 Å². The Morgan fingerprint density at radius 3 is 2.06 bits per heavy atom. The largest absolute Gasteiger partial charge is 0.489 e. The molecule has 0 spiro atoms. The molecule has 2 aromatic rings. The smallest absolute Gasteiger partial charge is 0.119 e. The maximum absolute atomic E-state index is 5.74. The summed E-state index contributed by atoms with van der Waals surface area (Å²) in [6.07, 6.45) is 0. The quantitative estimate of drug-likeness (QED) is 0.762. The molecule has 0 atom stereocenters. The van der Waals surface area contributed by atoms with E-state index in [2.05, 4.69) is 32.9 Å². The van der Waals surface area contributed by atoms with Crippen molar-refractivity contribution in [1.82, 2.24) is 0 Å². The monoisotopic (exact) mass is 226 g/mol. The van der Waals surface area contributed by atoms with Crippen molar-refractivity contribution in [2.45, 2.75) is 27.4 Å². The zero-order valence-electron chi connectivity index (χ0n) is 10.7. The van der Waals surface area contributed by atoms with Gasteiger partial charge in [-0.1, -0.05) is 30.3 Å². The fourth-order valence-corrected chi connectivity index (χ4v) is 1.89. The summed E-state index contributed by atoms with van der Waals surface area (Å²) in [5, 5.41) is 0. The zero-order chi connectivity index (χ0) is 12.3. The minimum absolute atomic E-state index is 0.631. The van der Waals surface area contributed by atoms with Gasteiger partial charge in [-0.2, -0.15) is 0 Å². The SMILES string of the molecule is Cc1cc(COc2ccccc2)cc(C)c1C. The van der Waals surface area contributed by atoms with Crippen LogP contribution in [0.5, 0.6) is 5.75 Å². The minimum Gasteiger partial charge on any atom is -0.489 e. The highest BCUT2D eigenvalue weighted by molar-refractivity contribution is 5.36. The number of para-hydroxylation sites is 1. The lowest BCUT2D eigenvalue weighted by atomic mass is 10.0. The van der Waals surface area contributed by atoms with Crippen LogP contribution in [-0.4, -0.2) is 0 Å². The molecule has 0 saturated carbocycles. The van der Waals surface area contributed by atoms with Gasteiger partial charge in [-0.15, -0.1) is 0 Å². The molecule has 17 heavy (non-hydrogen) atoms. The second-order valence-electron chi connectivity index (χ2n) is 4.46. The summed E-state index contributed by atoms with van der Waals surface area (Å²) in [4.78, 5) is 0. The topological polar surface area (TPSA) is 9.23 Å². The maximum Gasteiger partial charge on any atom is 0.119 e. The van der Waals surface area contributed by atoms with Crippen molar-refractivity contribution in [3.63, 3.8) is 0 Å². The number of aryl methyl sites for hydroxylation is 2. The molecule has 0 aromatic heterocycles. The molecular formula is C16H18O. The molecule has 0 fully saturated rings. The van der Waals surface area contributed by atoms with Crippen LogP contribution < -0.4 is 4.74 Å². The summed E-state index contributed by atoms with van der Waals surface area (Å²) in [5.41, 5.74) is 5.26. The van der Waals surface area contributed by atoms with Crippen molar-refractivity contribution in [1.29, 1.82) is 0 Å². The third kappa shape index (κ3) is 2.88. The molecule has 0 saturated heterocycles. The molecule has 0 aliphatic heterocycles. The van der Waals surface area contributed by atoms with Crippen molar-refractivity contribution >= 4 is 0 Å². The average Bonchev–Trinajstić information content (AvgIpc) is 2.34. The first-order chi connectivity index (χ1) is 8.16. The van der Waals surface area contributed by atoms with Crippen LogP contribution in [0, 0.1) is 20.8 Å². The first-order valence-electron chi connectivity index (χ1n) is 5.91. The minimum atomic E-state index is 0.631. The standard InChI is InChI=1S/C16H18O/c1-12-9-15(10-13(2)14(12)3)11-17-16-7-5-4-6-8-16/h4-10H,11H2,1-3H3. The van der Waals surface area contributed by atoms with Crippen LogP contribution >= 0.6 is 0 Å². The van der Waals surface area contributed by atoms with E-state index < -0.39 is 0 Å². The van der Waals surface area contributed by atoms with E-state index in [9.17, 15) is 0 Å². The van der Waals surface area contributed by atoms with Gasteiger partial charge in [0.25, 0.3) is 0 Å². The van der Waals surface area contributed by atoms with Gasteiger partial charge in [0.15, 0.2) is 0 Å². The van der Waals surface area contributed by atoms with Crippen LogP contribution in [0.25, 0.3) is 0 Å². The second kappa shape index (κ2) is 5.05. The van der Waals surface area contributed by atoms with Crippen molar-refractivity contribution < 1.29 is 4.74 Å². The van der Waals surface area contributed by atoms with Gasteiger partial charge >= 0.3 is 0 Å². The van der Waals surface area contributed by atoms with E-state index in [0.29, 0.717) is 6.61 Å². The van der Waals surface area contributed by atoms with Crippen LogP contribution in [0.15, 0.2) is 42.5 Å². The number of hydrogen-bond donors (Lipinski definition) is 0. The molecular weight excluding hydrogens is 208 g/mol. The summed E-state index contributed by atoms with van der Waals surface area (Å²) in [5.74, 6) is 0.920. The van der Waals surface area contributed by atoms with E-state index in [0.717, 1.165) is 5.75 Å². The molecule has 0 aliphatic rings. The third-order valence-electron chi connectivity index (χ3n) is 3.14. The number of rotatable bonds is 3. The van der Waals surface area contributed by atoms with E-state index in [1.165, 1.54) is 22.3 Å². The molecule has 0 aliphatic carbocycles. The number of benzene rings is 2. The van der Waals surface area contributed by atoms with E-state index in [1.807, 2.05) is 30.3 Å². The lowest BCUT2D eigenvalue weighted by Gasteiger charge is -2.10. The fourth-order valence-electron chi connectivity index (χ4n) is 1.89. The molecule has 2 aromatic carbocycles. The average molecular weight is 226 g/mol. The van der Waals surface area contributed by atoms with Crippen molar-refractivity contribution in [2.75, 3.05) is 0 Å². The van der Waals surface area contributed by atoms with Gasteiger partial charge in [-0.05, 0) is 55.2 Å². The van der Waals surface area contributed by atoms with Crippen LogP contribution in [0.3, 0.4) is 0 Å². The van der Waals surface area contributed by atoms with Gasteiger partial charge in [0, 0.05) is 0 Å². The molecule has 0 heterocycles. The van der Waals surface area contributed by atoms with Crippen molar-refractivity contribution in [3.05, 3.63) is 64.7 Å². The lowest BCUT2D eigenvalue weighted by Crippen LogP contribution is -1.98. The Kier molecular flexibility index (Phi) is 3.48. The molecule has 0 N–H and O–H groups in total. The van der Waals surface area contributed by atoms with Gasteiger partial charge in [0.05, 0.1) is 0 Å². The van der Waals surface area contributed by atoms with E-state index >= 15 is 0 Å². The highest BCUT2D eigenvalue weighted by atomic mass is 16.5. The van der Waals surface area contributed by atoms with Crippen LogP contribution in [0.4, 0.5) is 0 Å². The maximum atomic E-state index is 5.74. The number of hydrogen-bond acceptors (Lipinski definition) is 1. The second-order valence-corrected chi connectivity index (χ2v) is 4.46. The molecule has 1 nitrogen and oxygen atoms in total. The summed E-state index contributed by atoms with van der Waals surface area (Å²) >= 11 is 0. The summed E-state index contributed by atoms with van der Waals surface area (Å²) in [7, 11) is 0. The number of ether oxygens (including phenoxy) is 1. The van der Waals surface area contributed by atoms with Crippen LogP contribution in [0.2, 0.25) is 0 Å². The Morgan fingerprint density at radius 1 is 0.882 bits per heavy atom. The Hall–Kier alpha value is -1.76. The Balaban J connectivity index is 2.10. The van der Waals surface area contributed by atoms with Gasteiger partial charge in [-0.25, -0.2) is 0 Å². The Bertz CT molecular complexity index is 477. The molecule has 1 heteroatoms. The highest BCUT2D eigenvalue weighted by Crippen LogP contribution is 2.17. The fraction of sp³-hybridized carbons (Fsp3) is 0.250. The Labute approximate surface area is 103 Å². The molecule has 0 amide bonds. The third-order valence-corrected chi connectivity index (χ3v) is 3.14. The summed E-state index contributed by atoms with van der Waals surface area (Å²) < 4.78 is 5.74. The van der Waals surface area contributed by atoms with Gasteiger partial charge < -0.3 is 4.74 Å². The Morgan fingerprint density at radius 2 is 1.47 bits per heavy atom. The van der Waals surface area contributed by atoms with Gasteiger partial charge in [0.2, 0.25) is 0 Å². The van der Waals surface area contributed by atoms with Crippen LogP contribution in [0.1, 0.15) is 22.3 Å². The molecule has 0 radical (unpaired) electrons. The summed E-state index contributed by atoms with van der Waals surface area (Å²) in [6.45, 7) is 7.08. The van der Waals surface area contributed by atoms with E-state index in [-0.39, 0.29) is 0 Å². The lowest BCUT2D eigenvalue weighted by molar-refractivity contribution is 0.306. The first kappa shape index (κ1) is 11.7. The molecule has 2 rings (SSSR count). The first-order valence-corrected chi connectivity index (χ1v) is 5.91. The predicted molar refractivity (Wildman–Crippen MR) is 71.4 cm³/mol. The zero-order valence-corrected chi connectivity index (χ0v) is 10.7. The highest BCUT2D eigenvalue weighted by Gasteiger charge is 2.01. The van der Waals surface area contributed by atoms with Crippen molar-refractivity contribution in [2.24, 2.45) is 0 Å². The van der Waals surface area contributed by atoms with E-state index in [4.69, 9.17) is 4.74 Å². The van der Waals surface area contributed by atoms with Gasteiger partial charge in [-0.3, -0.25) is 0 Å². The molecule has 0 unspecified atom stereocenters. The molecule has 88 valence electrons. The predicted octanol–water partition coefficient (Wildman–Crippen LogP) is 4.19. The van der Waals surface area contributed by atoms with Crippen LogP contribution in [-0.2, 0) is 6.61 Å². The van der Waals surface area contributed by atoms with E-state index in [1.54, 1.807) is 0 Å². The summed E-state index contributed by atoms with van der Waals surface area (Å²) in [6, 6.07) is 14.3. The normalized spacial score (nSPS) is 10.3.